The molecular weight excluding hydrogens is 338 g/mol. The van der Waals surface area contributed by atoms with Crippen molar-refractivity contribution in [1.82, 2.24) is 15.2 Å². The van der Waals surface area contributed by atoms with E-state index in [1.807, 2.05) is 44.2 Å². The Morgan fingerprint density at radius 1 is 1.36 bits per heavy atom. The van der Waals surface area contributed by atoms with Crippen LogP contribution in [0.4, 0.5) is 0 Å². The maximum absolute atomic E-state index is 12.3. The number of nitrogens with zero attached hydrogens (tertiary/aromatic N) is 2. The van der Waals surface area contributed by atoms with Crippen LogP contribution in [-0.2, 0) is 16.1 Å². The zero-order chi connectivity index (χ0) is 17.8. The summed E-state index contributed by atoms with van der Waals surface area (Å²) < 4.78 is 5.56. The Morgan fingerprint density at radius 3 is 2.80 bits per heavy atom. The smallest absolute Gasteiger partial charge is 0.263 e. The molecule has 1 saturated heterocycles. The Balaban J connectivity index is 1.55. The van der Waals surface area contributed by atoms with Crippen molar-refractivity contribution in [2.75, 3.05) is 19.7 Å². The van der Waals surface area contributed by atoms with Gasteiger partial charge in [-0.15, -0.1) is 11.3 Å². The second-order valence-electron chi connectivity index (χ2n) is 6.05. The van der Waals surface area contributed by atoms with Gasteiger partial charge >= 0.3 is 0 Å². The number of thiazole rings is 1. The Labute approximate surface area is 150 Å². The molecule has 1 atom stereocenters. The average Bonchev–Trinajstić information content (AvgIpc) is 2.94. The summed E-state index contributed by atoms with van der Waals surface area (Å²) >= 11 is 1.38. The van der Waals surface area contributed by atoms with Crippen LogP contribution in [0.5, 0.6) is 0 Å². The van der Waals surface area contributed by atoms with Crippen molar-refractivity contribution in [1.29, 1.82) is 0 Å². The van der Waals surface area contributed by atoms with E-state index in [1.54, 1.807) is 4.90 Å². The van der Waals surface area contributed by atoms with E-state index in [0.29, 0.717) is 24.5 Å². The first-order valence-corrected chi connectivity index (χ1v) is 9.00. The van der Waals surface area contributed by atoms with Gasteiger partial charge in [-0.1, -0.05) is 30.3 Å². The molecule has 1 unspecified atom stereocenters. The summed E-state index contributed by atoms with van der Waals surface area (Å²) in [6, 6.07) is 9.85. The first kappa shape index (κ1) is 17.6. The molecule has 0 saturated carbocycles. The number of carbonyl (C=O) groups excluding carboxylic acids is 2. The van der Waals surface area contributed by atoms with E-state index in [4.69, 9.17) is 4.74 Å². The second-order valence-corrected chi connectivity index (χ2v) is 7.25. The molecule has 2 aromatic rings. The van der Waals surface area contributed by atoms with Crippen LogP contribution < -0.4 is 5.32 Å². The van der Waals surface area contributed by atoms with Gasteiger partial charge in [0.15, 0.2) is 0 Å². The van der Waals surface area contributed by atoms with Gasteiger partial charge in [0, 0.05) is 19.6 Å². The molecule has 0 aliphatic carbocycles. The van der Waals surface area contributed by atoms with Crippen LogP contribution in [0.1, 0.15) is 25.9 Å². The number of aromatic nitrogens is 1. The first-order chi connectivity index (χ1) is 12.0. The van der Waals surface area contributed by atoms with E-state index in [9.17, 15) is 9.59 Å². The van der Waals surface area contributed by atoms with Crippen LogP contribution in [0.25, 0.3) is 0 Å². The number of rotatable bonds is 5. The molecule has 2 heterocycles. The third-order valence-electron chi connectivity index (χ3n) is 4.04. The number of benzene rings is 1. The van der Waals surface area contributed by atoms with Gasteiger partial charge in [-0.2, -0.15) is 0 Å². The van der Waals surface area contributed by atoms with Crippen molar-refractivity contribution >= 4 is 23.2 Å². The highest BCUT2D eigenvalue weighted by Gasteiger charge is 2.27. The Bertz CT molecular complexity index is 760. The lowest BCUT2D eigenvalue weighted by atomic mass is 10.2. The minimum absolute atomic E-state index is 0.0274. The highest BCUT2D eigenvalue weighted by Crippen LogP contribution is 2.17. The van der Waals surface area contributed by atoms with Gasteiger partial charge in [0.05, 0.1) is 16.8 Å². The third kappa shape index (κ3) is 4.43. The largest absolute Gasteiger partial charge is 0.365 e. The second kappa shape index (κ2) is 7.76. The lowest BCUT2D eigenvalue weighted by molar-refractivity contribution is -0.149. The highest BCUT2D eigenvalue weighted by atomic mass is 32.1. The highest BCUT2D eigenvalue weighted by molar-refractivity contribution is 7.13. The number of hydrogen-bond acceptors (Lipinski definition) is 5. The Morgan fingerprint density at radius 2 is 2.12 bits per heavy atom. The van der Waals surface area contributed by atoms with E-state index < -0.39 is 0 Å². The molecule has 3 rings (SSSR count). The number of aryl methyl sites for hydroxylation is 2. The number of ether oxygens (including phenoxy) is 1. The van der Waals surface area contributed by atoms with Crippen molar-refractivity contribution in [2.45, 2.75) is 26.5 Å². The maximum atomic E-state index is 12.3. The predicted octanol–water partition coefficient (Wildman–Crippen LogP) is 1.92. The van der Waals surface area contributed by atoms with E-state index in [0.717, 1.165) is 16.3 Å². The fourth-order valence-corrected chi connectivity index (χ4v) is 3.63. The average molecular weight is 359 g/mol. The van der Waals surface area contributed by atoms with Gasteiger partial charge < -0.3 is 15.0 Å². The van der Waals surface area contributed by atoms with Gasteiger partial charge in [-0.05, 0) is 19.4 Å². The molecule has 0 bridgehead atoms. The van der Waals surface area contributed by atoms with Gasteiger partial charge in [0.1, 0.15) is 11.5 Å². The molecule has 1 aromatic carbocycles. The number of hydrogen-bond donors (Lipinski definition) is 1. The molecule has 0 radical (unpaired) electrons. The van der Waals surface area contributed by atoms with Crippen molar-refractivity contribution in [3.05, 3.63) is 51.5 Å². The van der Waals surface area contributed by atoms with Gasteiger partial charge in [0.2, 0.25) is 5.91 Å². The summed E-state index contributed by atoms with van der Waals surface area (Å²) in [4.78, 5) is 31.0. The molecule has 1 fully saturated rings. The lowest BCUT2D eigenvalue weighted by Gasteiger charge is -2.32. The quantitative estimate of drug-likeness (QED) is 0.885. The van der Waals surface area contributed by atoms with Crippen LogP contribution in [0, 0.1) is 13.8 Å². The summed E-state index contributed by atoms with van der Waals surface area (Å²) in [5.41, 5.74) is 1.82. The summed E-state index contributed by atoms with van der Waals surface area (Å²) in [7, 11) is 0. The topological polar surface area (TPSA) is 71.5 Å². The Hall–Kier alpha value is -2.25. The standard InChI is InChI=1S/C18H21N3O3S/c1-12-17(25-13(2)20-12)18(23)19-8-15-10-21(16(22)11-24-15)9-14-6-4-3-5-7-14/h3-7,15H,8-11H2,1-2H3,(H,19,23). The molecule has 6 nitrogen and oxygen atoms in total. The molecule has 1 aliphatic heterocycles. The number of carbonyl (C=O) groups is 2. The fourth-order valence-electron chi connectivity index (χ4n) is 2.79. The van der Waals surface area contributed by atoms with E-state index in [2.05, 4.69) is 10.3 Å². The molecular formula is C18H21N3O3S. The van der Waals surface area contributed by atoms with Crippen molar-refractivity contribution in [2.24, 2.45) is 0 Å². The van der Waals surface area contributed by atoms with E-state index in [-0.39, 0.29) is 24.5 Å². The van der Waals surface area contributed by atoms with Crippen LogP contribution in [0.2, 0.25) is 0 Å². The Kier molecular flexibility index (Phi) is 5.45. The molecule has 7 heteroatoms. The van der Waals surface area contributed by atoms with Crippen LogP contribution in [0.15, 0.2) is 30.3 Å². The third-order valence-corrected chi connectivity index (χ3v) is 5.11. The summed E-state index contributed by atoms with van der Waals surface area (Å²) in [5, 5.41) is 3.76. The van der Waals surface area contributed by atoms with E-state index >= 15 is 0 Å². The zero-order valence-electron chi connectivity index (χ0n) is 14.3. The van der Waals surface area contributed by atoms with Gasteiger partial charge in [-0.25, -0.2) is 4.98 Å². The van der Waals surface area contributed by atoms with Crippen molar-refractivity contribution < 1.29 is 14.3 Å². The minimum atomic E-state index is -0.209. The van der Waals surface area contributed by atoms with Crippen molar-refractivity contribution in [3.8, 4) is 0 Å². The molecule has 1 aromatic heterocycles. The summed E-state index contributed by atoms with van der Waals surface area (Å²) in [5.74, 6) is -0.168. The van der Waals surface area contributed by atoms with Crippen LogP contribution >= 0.6 is 11.3 Å². The summed E-state index contributed by atoms with van der Waals surface area (Å²) in [6.45, 7) is 5.15. The zero-order valence-corrected chi connectivity index (χ0v) is 15.1. The molecule has 132 valence electrons. The predicted molar refractivity (Wildman–Crippen MR) is 95.5 cm³/mol. The number of morpholine rings is 1. The van der Waals surface area contributed by atoms with Gasteiger partial charge in [0.25, 0.3) is 5.91 Å². The lowest BCUT2D eigenvalue weighted by Crippen LogP contribution is -2.50. The van der Waals surface area contributed by atoms with E-state index in [1.165, 1.54) is 11.3 Å². The monoisotopic (exact) mass is 359 g/mol. The van der Waals surface area contributed by atoms with Crippen LogP contribution in [0.3, 0.4) is 0 Å². The van der Waals surface area contributed by atoms with Gasteiger partial charge in [-0.3, -0.25) is 9.59 Å². The number of nitrogens with one attached hydrogen (secondary N) is 1. The molecule has 0 spiro atoms. The van der Waals surface area contributed by atoms with Crippen molar-refractivity contribution in [3.63, 3.8) is 0 Å². The minimum Gasteiger partial charge on any atom is -0.365 e. The summed E-state index contributed by atoms with van der Waals surface area (Å²) in [6.07, 6.45) is -0.209. The molecule has 1 N–H and O–H groups in total. The maximum Gasteiger partial charge on any atom is 0.263 e. The number of amides is 2. The first-order valence-electron chi connectivity index (χ1n) is 8.18. The normalized spacial score (nSPS) is 17.6. The van der Waals surface area contributed by atoms with Crippen LogP contribution in [-0.4, -0.2) is 47.5 Å². The molecule has 25 heavy (non-hydrogen) atoms. The fraction of sp³-hybridized carbons (Fsp3) is 0.389. The molecule has 1 aliphatic rings. The SMILES string of the molecule is Cc1nc(C)c(C(=O)NCC2CN(Cc3ccccc3)C(=O)CO2)s1. The molecule has 2 amide bonds.